The van der Waals surface area contributed by atoms with Gasteiger partial charge in [0.15, 0.2) is 21.9 Å². The highest BCUT2D eigenvalue weighted by Gasteiger charge is 2.54. The highest BCUT2D eigenvalue weighted by Crippen LogP contribution is 2.58. The van der Waals surface area contributed by atoms with E-state index in [4.69, 9.17) is 0 Å². The summed E-state index contributed by atoms with van der Waals surface area (Å²) < 4.78 is 13.5. The van der Waals surface area contributed by atoms with Crippen molar-refractivity contribution in [3.63, 3.8) is 0 Å². The van der Waals surface area contributed by atoms with Crippen LogP contribution in [0, 0.1) is 0 Å². The first-order chi connectivity index (χ1) is 9.71. The molecule has 0 aliphatic rings. The van der Waals surface area contributed by atoms with E-state index in [9.17, 15) is 9.46 Å². The van der Waals surface area contributed by atoms with Crippen LogP contribution < -0.4 is 10.4 Å². The average molecular weight is 335 g/mol. The van der Waals surface area contributed by atoms with E-state index < -0.39 is 21.9 Å². The first-order valence-electron chi connectivity index (χ1n) is 7.15. The van der Waals surface area contributed by atoms with Crippen LogP contribution in [0.1, 0.15) is 0 Å². The molecular formula is C16H23O2PSi2. The molecule has 0 amide bonds. The third-order valence-corrected chi connectivity index (χ3v) is 31.7. The van der Waals surface area contributed by atoms with Crippen LogP contribution in [0.15, 0.2) is 60.7 Å². The normalized spacial score (nSPS) is 13.2. The molecule has 2 aromatic carbocycles. The molecule has 21 heavy (non-hydrogen) atoms. The van der Waals surface area contributed by atoms with E-state index in [0.717, 1.165) is 10.4 Å². The van der Waals surface area contributed by atoms with Crippen molar-refractivity contribution in [3.05, 3.63) is 60.7 Å². The second-order valence-electron chi connectivity index (χ2n) is 6.43. The van der Waals surface area contributed by atoms with E-state index in [0.29, 0.717) is 0 Å². The van der Waals surface area contributed by atoms with Gasteiger partial charge in [0.25, 0.3) is 0 Å². The summed E-state index contributed by atoms with van der Waals surface area (Å²) in [4.78, 5) is 11.2. The van der Waals surface area contributed by atoms with Gasteiger partial charge >= 0.3 is 0 Å². The lowest BCUT2D eigenvalue weighted by Crippen LogP contribution is -2.53. The average Bonchev–Trinajstić information content (AvgIpc) is 2.48. The molecule has 0 unspecified atom stereocenters. The van der Waals surface area contributed by atoms with Gasteiger partial charge in [-0.1, -0.05) is 86.9 Å². The van der Waals surface area contributed by atoms with Crippen LogP contribution in [0.25, 0.3) is 0 Å². The first-order valence-corrected chi connectivity index (χ1v) is 16.5. The summed E-state index contributed by atoms with van der Waals surface area (Å²) in [5.74, 6) is 0. The van der Waals surface area contributed by atoms with Crippen LogP contribution in [-0.4, -0.2) is 20.4 Å². The predicted molar refractivity (Wildman–Crippen MR) is 96.9 cm³/mol. The topological polar surface area (TPSA) is 37.3 Å². The summed E-state index contributed by atoms with van der Waals surface area (Å²) in [7, 11) is -4.90. The van der Waals surface area contributed by atoms with Crippen LogP contribution in [-0.2, 0) is 4.57 Å². The van der Waals surface area contributed by atoms with Gasteiger partial charge in [0.1, 0.15) is 0 Å². The maximum absolute atomic E-state index is 13.5. The molecule has 2 nitrogen and oxygen atoms in total. The highest BCUT2D eigenvalue weighted by molar-refractivity contribution is 8.21. The van der Waals surface area contributed by atoms with E-state index in [-0.39, 0.29) is 0 Å². The van der Waals surface area contributed by atoms with Crippen LogP contribution in [0.3, 0.4) is 0 Å². The zero-order valence-corrected chi connectivity index (χ0v) is 16.0. The van der Waals surface area contributed by atoms with E-state index in [1.807, 2.05) is 86.9 Å². The molecule has 1 N–H and O–H groups in total. The Bertz CT molecular complexity index is 599. The summed E-state index contributed by atoms with van der Waals surface area (Å²) in [6.45, 7) is 4.85. The Kier molecular flexibility index (Phi) is 4.45. The van der Waals surface area contributed by atoms with Crippen LogP contribution >= 0.6 is 6.46 Å². The molecule has 0 aliphatic carbocycles. The van der Waals surface area contributed by atoms with Crippen LogP contribution in [0.2, 0.25) is 26.2 Å². The standard InChI is InChI=1S/C16H23O2PSi2/c1-20(2,15-11-7-5-8-12-15)19(17,18)21(3,4)16-13-9-6-10-14-16/h5-14H,1-4H3,(H,17,18). The minimum atomic E-state index is -3.26. The second-order valence-corrected chi connectivity index (χ2v) is 26.7. The minimum absolute atomic E-state index is 1.06. The lowest BCUT2D eigenvalue weighted by atomic mass is 10.4. The Morgan fingerprint density at radius 1 is 0.714 bits per heavy atom. The summed E-state index contributed by atoms with van der Waals surface area (Å²) in [6, 6.07) is 19.8. The summed E-state index contributed by atoms with van der Waals surface area (Å²) >= 11 is 0. The maximum atomic E-state index is 13.5. The monoisotopic (exact) mass is 334 g/mol. The van der Waals surface area contributed by atoms with Gasteiger partial charge in [0.2, 0.25) is 0 Å². The van der Waals surface area contributed by atoms with Gasteiger partial charge in [0.05, 0.1) is 0 Å². The fourth-order valence-electron chi connectivity index (χ4n) is 2.74. The molecule has 0 aliphatic heterocycles. The highest BCUT2D eigenvalue weighted by atomic mass is 31.7. The van der Waals surface area contributed by atoms with Crippen molar-refractivity contribution < 1.29 is 9.46 Å². The Morgan fingerprint density at radius 2 is 1.00 bits per heavy atom. The van der Waals surface area contributed by atoms with E-state index in [1.54, 1.807) is 0 Å². The lowest BCUT2D eigenvalue weighted by Gasteiger charge is -2.39. The molecule has 112 valence electrons. The lowest BCUT2D eigenvalue weighted by molar-refractivity contribution is 0.507. The molecular weight excluding hydrogens is 311 g/mol. The number of hydrogen-bond acceptors (Lipinski definition) is 1. The van der Waals surface area contributed by atoms with E-state index >= 15 is 0 Å². The van der Waals surface area contributed by atoms with Crippen molar-refractivity contribution in [2.24, 2.45) is 0 Å². The Morgan fingerprint density at radius 3 is 1.29 bits per heavy atom. The molecule has 0 atom stereocenters. The smallest absolute Gasteiger partial charge is 0.177 e. The van der Waals surface area contributed by atoms with Gasteiger partial charge in [-0.3, -0.25) is 0 Å². The van der Waals surface area contributed by atoms with E-state index in [1.165, 1.54) is 0 Å². The summed E-state index contributed by atoms with van der Waals surface area (Å²) in [5, 5.41) is 2.12. The quantitative estimate of drug-likeness (QED) is 0.686. The third-order valence-electron chi connectivity index (χ3n) is 4.48. The maximum Gasteiger partial charge on any atom is 0.177 e. The van der Waals surface area contributed by atoms with Gasteiger partial charge in [-0.2, -0.15) is 0 Å². The zero-order valence-electron chi connectivity index (χ0n) is 13.1. The largest absolute Gasteiger partial charge is 0.351 e. The first kappa shape index (κ1) is 16.4. The number of benzene rings is 2. The fraction of sp³-hybridized carbons (Fsp3) is 0.250. The molecule has 0 bridgehead atoms. The Labute approximate surface area is 129 Å². The molecule has 2 aromatic rings. The molecule has 0 saturated heterocycles. The zero-order chi connectivity index (χ0) is 15.7. The Hall–Kier alpha value is -0.936. The Balaban J connectivity index is 2.53. The molecule has 0 fully saturated rings. The minimum Gasteiger partial charge on any atom is -0.351 e. The number of hydrogen-bond donors (Lipinski definition) is 1. The molecule has 0 heterocycles. The SMILES string of the molecule is C[Si](C)(c1ccccc1)P(=O)(O)[Si](C)(C)c1ccccc1. The second kappa shape index (κ2) is 5.69. The molecule has 0 radical (unpaired) electrons. The number of rotatable bonds is 4. The van der Waals surface area contributed by atoms with Gasteiger partial charge in [-0.05, 0) is 10.4 Å². The van der Waals surface area contributed by atoms with Crippen molar-refractivity contribution >= 4 is 32.3 Å². The van der Waals surface area contributed by atoms with Crippen molar-refractivity contribution in [1.82, 2.24) is 0 Å². The van der Waals surface area contributed by atoms with Crippen LogP contribution in [0.4, 0.5) is 0 Å². The summed E-state index contributed by atoms with van der Waals surface area (Å²) in [6.07, 6.45) is 0. The predicted octanol–water partition coefficient (Wildman–Crippen LogP) is 3.48. The van der Waals surface area contributed by atoms with Crippen molar-refractivity contribution in [2.75, 3.05) is 0 Å². The molecule has 5 heteroatoms. The van der Waals surface area contributed by atoms with Crippen molar-refractivity contribution in [2.45, 2.75) is 26.2 Å². The van der Waals surface area contributed by atoms with E-state index in [2.05, 4.69) is 0 Å². The van der Waals surface area contributed by atoms with Crippen molar-refractivity contribution in [3.8, 4) is 0 Å². The van der Waals surface area contributed by atoms with Gasteiger partial charge < -0.3 is 9.46 Å². The van der Waals surface area contributed by atoms with Crippen LogP contribution in [0.5, 0.6) is 0 Å². The molecule has 0 spiro atoms. The van der Waals surface area contributed by atoms with Gasteiger partial charge in [-0.25, -0.2) is 0 Å². The molecule has 0 saturated carbocycles. The molecule has 2 rings (SSSR count). The fourth-order valence-corrected chi connectivity index (χ4v) is 28.9. The third kappa shape index (κ3) is 2.73. The van der Waals surface area contributed by atoms with Gasteiger partial charge in [0, 0.05) is 0 Å². The summed E-state index contributed by atoms with van der Waals surface area (Å²) in [5.41, 5.74) is 0. The van der Waals surface area contributed by atoms with Crippen molar-refractivity contribution in [1.29, 1.82) is 0 Å². The molecule has 0 aromatic heterocycles. The van der Waals surface area contributed by atoms with Gasteiger partial charge in [-0.15, -0.1) is 0 Å².